The van der Waals surface area contributed by atoms with Gasteiger partial charge in [0.15, 0.2) is 0 Å². The molecule has 1 aliphatic rings. The smallest absolute Gasteiger partial charge is 0.0107 e. The van der Waals surface area contributed by atoms with Crippen molar-refractivity contribution >= 4 is 0 Å². The van der Waals surface area contributed by atoms with E-state index in [0.717, 1.165) is 6.54 Å². The second kappa shape index (κ2) is 4.69. The third kappa shape index (κ3) is 2.67. The number of hydrogen-bond acceptors (Lipinski definition) is 2. The number of hydrogen-bond donors (Lipinski definition) is 1. The van der Waals surface area contributed by atoms with E-state index in [-0.39, 0.29) is 1.43 Å². The number of nitrogens with zero attached hydrogens (tertiary/aromatic N) is 1. The molecule has 1 aliphatic heterocycles. The topological polar surface area (TPSA) is 15.3 Å². The maximum absolute atomic E-state index is 3.17. The molecule has 1 rings (SSSR count). The van der Waals surface area contributed by atoms with Gasteiger partial charge < -0.3 is 10.2 Å². The van der Waals surface area contributed by atoms with Crippen molar-refractivity contribution in [3.63, 3.8) is 0 Å². The highest BCUT2D eigenvalue weighted by molar-refractivity contribution is 4.64. The van der Waals surface area contributed by atoms with Gasteiger partial charge in [-0.15, -0.1) is 0 Å². The summed E-state index contributed by atoms with van der Waals surface area (Å²) < 4.78 is 0. The molecular weight excluding hydrogens is 124 g/mol. The Hall–Kier alpha value is -0.0800. The Morgan fingerprint density at radius 3 is 2.60 bits per heavy atom. The highest BCUT2D eigenvalue weighted by Crippen LogP contribution is 2.06. The number of likely N-dealkylation sites (tertiary alicyclic amines) is 1. The molecule has 2 heteroatoms. The fourth-order valence-corrected chi connectivity index (χ4v) is 1.45. The minimum atomic E-state index is 0. The molecule has 0 spiro atoms. The van der Waals surface area contributed by atoms with Crippen molar-refractivity contribution in [3.8, 4) is 0 Å². The van der Waals surface area contributed by atoms with E-state index in [4.69, 9.17) is 0 Å². The van der Waals surface area contributed by atoms with Crippen LogP contribution in [0.5, 0.6) is 0 Å². The van der Waals surface area contributed by atoms with Crippen LogP contribution in [-0.2, 0) is 0 Å². The van der Waals surface area contributed by atoms with Gasteiger partial charge in [0.05, 0.1) is 0 Å². The normalized spacial score (nSPS) is 21.3. The van der Waals surface area contributed by atoms with Gasteiger partial charge in [-0.3, -0.25) is 0 Å². The maximum atomic E-state index is 3.17. The van der Waals surface area contributed by atoms with Crippen LogP contribution in [0.3, 0.4) is 0 Å². The van der Waals surface area contributed by atoms with E-state index in [1.54, 1.807) is 0 Å². The molecule has 1 saturated heterocycles. The van der Waals surface area contributed by atoms with Gasteiger partial charge in [-0.2, -0.15) is 0 Å². The quantitative estimate of drug-likeness (QED) is 0.634. The molecule has 0 atom stereocenters. The van der Waals surface area contributed by atoms with Crippen LogP contribution in [0.15, 0.2) is 0 Å². The highest BCUT2D eigenvalue weighted by atomic mass is 15.1. The molecule has 0 aliphatic carbocycles. The van der Waals surface area contributed by atoms with Gasteiger partial charge in [0.1, 0.15) is 0 Å². The molecule has 0 radical (unpaired) electrons. The van der Waals surface area contributed by atoms with Crippen molar-refractivity contribution in [3.05, 3.63) is 0 Å². The van der Waals surface area contributed by atoms with Crippen molar-refractivity contribution in [1.29, 1.82) is 0 Å². The van der Waals surface area contributed by atoms with E-state index in [1.807, 2.05) is 7.05 Å². The van der Waals surface area contributed by atoms with Gasteiger partial charge in [0.2, 0.25) is 0 Å². The molecule has 10 heavy (non-hydrogen) atoms. The number of piperidine rings is 1. The summed E-state index contributed by atoms with van der Waals surface area (Å²) in [5.41, 5.74) is 0. The molecule has 0 unspecified atom stereocenters. The summed E-state index contributed by atoms with van der Waals surface area (Å²) in [5.74, 6) is 0. The summed E-state index contributed by atoms with van der Waals surface area (Å²) in [6.45, 7) is 5.01. The number of nitrogens with one attached hydrogen (secondary N) is 1. The zero-order valence-corrected chi connectivity index (χ0v) is 6.90. The van der Waals surface area contributed by atoms with Crippen molar-refractivity contribution in [2.24, 2.45) is 0 Å². The molecular formula is C8H20N2. The van der Waals surface area contributed by atoms with E-state index in [9.17, 15) is 0 Å². The van der Waals surface area contributed by atoms with Crippen LogP contribution in [-0.4, -0.2) is 38.1 Å². The highest BCUT2D eigenvalue weighted by Gasteiger charge is 2.07. The van der Waals surface area contributed by atoms with Gasteiger partial charge in [-0.25, -0.2) is 0 Å². The molecule has 1 fully saturated rings. The third-order valence-corrected chi connectivity index (χ3v) is 2.13. The average molecular weight is 144 g/mol. The van der Waals surface area contributed by atoms with Crippen LogP contribution in [0.1, 0.15) is 20.7 Å². The largest absolute Gasteiger partial charge is 0.318 e. The fourth-order valence-electron chi connectivity index (χ4n) is 1.45. The molecule has 1 N–H and O–H groups in total. The minimum absolute atomic E-state index is 0. The first-order valence-corrected chi connectivity index (χ1v) is 4.30. The lowest BCUT2D eigenvalue weighted by Gasteiger charge is -2.25. The Morgan fingerprint density at radius 1 is 1.30 bits per heavy atom. The van der Waals surface area contributed by atoms with Gasteiger partial charge in [-0.1, -0.05) is 6.42 Å². The van der Waals surface area contributed by atoms with Gasteiger partial charge in [0.25, 0.3) is 0 Å². The lowest BCUT2D eigenvalue weighted by molar-refractivity contribution is 0.231. The monoisotopic (exact) mass is 144 g/mol. The predicted octanol–water partition coefficient (Wildman–Crippen LogP) is 0.938. The molecule has 62 valence electrons. The van der Waals surface area contributed by atoms with Gasteiger partial charge in [-0.05, 0) is 33.0 Å². The molecule has 0 amide bonds. The Labute approximate surface area is 65.1 Å². The minimum Gasteiger partial charge on any atom is -0.318 e. The summed E-state index contributed by atoms with van der Waals surface area (Å²) in [6.07, 6.45) is 4.25. The van der Waals surface area contributed by atoms with Crippen LogP contribution < -0.4 is 5.32 Å². The zero-order chi connectivity index (χ0) is 7.23. The van der Waals surface area contributed by atoms with Crippen LogP contribution in [0.2, 0.25) is 0 Å². The maximum Gasteiger partial charge on any atom is 0.0107 e. The SMILES string of the molecule is CNCCN1CCCCC1.[HH]. The molecule has 2 nitrogen and oxygen atoms in total. The van der Waals surface area contributed by atoms with E-state index in [1.165, 1.54) is 38.9 Å². The van der Waals surface area contributed by atoms with Crippen LogP contribution >= 0.6 is 0 Å². The summed E-state index contributed by atoms with van der Waals surface area (Å²) >= 11 is 0. The first-order chi connectivity index (χ1) is 4.93. The molecule has 0 aromatic heterocycles. The van der Waals surface area contributed by atoms with Gasteiger partial charge >= 0.3 is 0 Å². The van der Waals surface area contributed by atoms with E-state index < -0.39 is 0 Å². The summed E-state index contributed by atoms with van der Waals surface area (Å²) in [4.78, 5) is 2.54. The first-order valence-electron chi connectivity index (χ1n) is 4.30. The Kier molecular flexibility index (Phi) is 3.76. The number of rotatable bonds is 3. The molecule has 1 heterocycles. The first kappa shape index (κ1) is 8.02. The number of likely N-dealkylation sites (N-methyl/N-ethyl adjacent to an activating group) is 1. The van der Waals surface area contributed by atoms with Crippen molar-refractivity contribution in [2.45, 2.75) is 19.3 Å². The van der Waals surface area contributed by atoms with Crippen molar-refractivity contribution in [1.82, 2.24) is 10.2 Å². The molecule has 0 saturated carbocycles. The molecule has 0 aromatic carbocycles. The fraction of sp³-hybridized carbons (Fsp3) is 1.00. The van der Waals surface area contributed by atoms with E-state index in [0.29, 0.717) is 0 Å². The molecule has 0 bridgehead atoms. The second-order valence-corrected chi connectivity index (χ2v) is 3.01. The zero-order valence-electron chi connectivity index (χ0n) is 6.90. The Morgan fingerprint density at radius 2 is 2.00 bits per heavy atom. The summed E-state index contributed by atoms with van der Waals surface area (Å²) in [6, 6.07) is 0. The van der Waals surface area contributed by atoms with Crippen molar-refractivity contribution in [2.75, 3.05) is 33.2 Å². The van der Waals surface area contributed by atoms with Crippen LogP contribution in [0.25, 0.3) is 0 Å². The van der Waals surface area contributed by atoms with Crippen molar-refractivity contribution < 1.29 is 1.43 Å². The standard InChI is InChI=1S/C8H18N2.H2/c1-9-5-8-10-6-3-2-4-7-10;/h9H,2-8H2,1H3;1H. The third-order valence-electron chi connectivity index (χ3n) is 2.13. The predicted molar refractivity (Wildman–Crippen MR) is 46.3 cm³/mol. The van der Waals surface area contributed by atoms with E-state index in [2.05, 4.69) is 10.2 Å². The molecule has 0 aromatic rings. The van der Waals surface area contributed by atoms with E-state index >= 15 is 0 Å². The Bertz CT molecular complexity index is 82.2. The van der Waals surface area contributed by atoms with Crippen LogP contribution in [0, 0.1) is 0 Å². The van der Waals surface area contributed by atoms with Crippen LogP contribution in [0.4, 0.5) is 0 Å². The summed E-state index contributed by atoms with van der Waals surface area (Å²) in [5, 5.41) is 3.17. The second-order valence-electron chi connectivity index (χ2n) is 3.01. The lowest BCUT2D eigenvalue weighted by atomic mass is 10.1. The van der Waals surface area contributed by atoms with Gasteiger partial charge in [0, 0.05) is 14.5 Å². The summed E-state index contributed by atoms with van der Waals surface area (Å²) in [7, 11) is 2.02. The Balaban J connectivity index is 0.000001000. The average Bonchev–Trinajstić information content (AvgIpc) is 2.03. The lowest BCUT2D eigenvalue weighted by Crippen LogP contribution is -2.34.